The maximum absolute atomic E-state index is 13.6. The molecule has 7 heteroatoms. The monoisotopic (exact) mass is 431 g/mol. The molecule has 0 aliphatic carbocycles. The first-order valence-corrected chi connectivity index (χ1v) is 7.79. The molecule has 0 atom stereocenters. The number of anilines is 1. The van der Waals surface area contributed by atoms with Crippen molar-refractivity contribution >= 4 is 43.6 Å². The quantitative estimate of drug-likeness (QED) is 0.688. The molecule has 0 saturated heterocycles. The molecule has 4 nitrogen and oxygen atoms in total. The highest BCUT2D eigenvalue weighted by Gasteiger charge is 2.18. The number of carboxylic acid groups (broad SMARTS) is 1. The molecule has 0 spiro atoms. The van der Waals surface area contributed by atoms with E-state index in [-0.39, 0.29) is 15.5 Å². The Morgan fingerprint density at radius 1 is 1.23 bits per heavy atom. The molecule has 0 saturated carbocycles. The molecule has 0 unspecified atom stereocenters. The molecule has 0 radical (unpaired) electrons. The summed E-state index contributed by atoms with van der Waals surface area (Å²) in [6.45, 7) is 0.143. The lowest BCUT2D eigenvalue weighted by Gasteiger charge is -2.20. The van der Waals surface area contributed by atoms with E-state index in [1.807, 2.05) is 0 Å². The van der Waals surface area contributed by atoms with Crippen LogP contribution in [-0.2, 0) is 6.54 Å². The van der Waals surface area contributed by atoms with Crippen molar-refractivity contribution in [2.75, 3.05) is 12.0 Å². The number of methoxy groups -OCH3 is 1. The molecule has 1 amide bonds. The van der Waals surface area contributed by atoms with E-state index in [1.165, 1.54) is 12.1 Å². The van der Waals surface area contributed by atoms with Crippen molar-refractivity contribution in [1.82, 2.24) is 0 Å². The lowest BCUT2D eigenvalue weighted by Crippen LogP contribution is -2.28. The Bertz CT molecular complexity index is 669. The van der Waals surface area contributed by atoms with Gasteiger partial charge < -0.3 is 9.84 Å². The molecule has 0 aromatic heterocycles. The largest absolute Gasteiger partial charge is 0.497 e. The van der Waals surface area contributed by atoms with Crippen LogP contribution in [0.3, 0.4) is 0 Å². The number of ether oxygens (including phenoxy) is 1. The van der Waals surface area contributed by atoms with Crippen molar-refractivity contribution in [2.24, 2.45) is 0 Å². The van der Waals surface area contributed by atoms with Gasteiger partial charge in [0.1, 0.15) is 5.75 Å². The SMILES string of the molecule is COc1ccc(CN(C(=O)O)c2cc(Br)c(F)c(Br)c2)cc1. The zero-order valence-corrected chi connectivity index (χ0v) is 14.7. The van der Waals surface area contributed by atoms with Gasteiger partial charge in [0, 0.05) is 5.69 Å². The van der Waals surface area contributed by atoms with E-state index in [2.05, 4.69) is 31.9 Å². The number of hydrogen-bond acceptors (Lipinski definition) is 2. The van der Waals surface area contributed by atoms with Gasteiger partial charge in [0.15, 0.2) is 5.82 Å². The predicted molar refractivity (Wildman–Crippen MR) is 89.0 cm³/mol. The normalized spacial score (nSPS) is 10.4. The summed E-state index contributed by atoms with van der Waals surface area (Å²) >= 11 is 6.15. The number of halogens is 3. The van der Waals surface area contributed by atoms with E-state index in [0.717, 1.165) is 10.5 Å². The topological polar surface area (TPSA) is 49.8 Å². The summed E-state index contributed by atoms with van der Waals surface area (Å²) in [5.41, 5.74) is 1.16. The van der Waals surface area contributed by atoms with Crippen LogP contribution in [0.1, 0.15) is 5.56 Å². The molecule has 2 aromatic rings. The predicted octanol–water partition coefficient (Wildman–Crippen LogP) is 5.04. The lowest BCUT2D eigenvalue weighted by molar-refractivity contribution is 0.201. The van der Waals surface area contributed by atoms with Crippen LogP contribution >= 0.6 is 31.9 Å². The molecule has 2 aromatic carbocycles. The van der Waals surface area contributed by atoms with Crippen LogP contribution < -0.4 is 9.64 Å². The number of rotatable bonds is 4. The van der Waals surface area contributed by atoms with Crippen LogP contribution in [0.4, 0.5) is 14.9 Å². The van der Waals surface area contributed by atoms with Crippen molar-refractivity contribution in [1.29, 1.82) is 0 Å². The highest BCUT2D eigenvalue weighted by atomic mass is 79.9. The summed E-state index contributed by atoms with van der Waals surface area (Å²) < 4.78 is 19.1. The highest BCUT2D eigenvalue weighted by Crippen LogP contribution is 2.31. The maximum Gasteiger partial charge on any atom is 0.412 e. The van der Waals surface area contributed by atoms with E-state index in [1.54, 1.807) is 31.4 Å². The molecule has 0 aliphatic rings. The average molecular weight is 433 g/mol. The minimum Gasteiger partial charge on any atom is -0.497 e. The van der Waals surface area contributed by atoms with Gasteiger partial charge in [-0.25, -0.2) is 9.18 Å². The first kappa shape index (κ1) is 16.8. The molecule has 0 fully saturated rings. The summed E-state index contributed by atoms with van der Waals surface area (Å²) in [6, 6.07) is 9.93. The van der Waals surface area contributed by atoms with Crippen LogP contribution in [0.2, 0.25) is 0 Å². The summed E-state index contributed by atoms with van der Waals surface area (Å²) in [4.78, 5) is 12.6. The maximum atomic E-state index is 13.6. The molecular weight excluding hydrogens is 421 g/mol. The van der Waals surface area contributed by atoms with Gasteiger partial charge in [0.25, 0.3) is 0 Å². The van der Waals surface area contributed by atoms with Gasteiger partial charge in [0.05, 0.1) is 22.6 Å². The second kappa shape index (κ2) is 7.11. The van der Waals surface area contributed by atoms with Crippen LogP contribution in [0.15, 0.2) is 45.3 Å². The van der Waals surface area contributed by atoms with E-state index in [4.69, 9.17) is 4.74 Å². The molecule has 116 valence electrons. The first-order valence-electron chi connectivity index (χ1n) is 6.20. The van der Waals surface area contributed by atoms with Gasteiger partial charge in [-0.3, -0.25) is 4.90 Å². The number of nitrogens with zero attached hydrogens (tertiary/aromatic N) is 1. The first-order chi connectivity index (χ1) is 10.4. The van der Waals surface area contributed by atoms with Crippen molar-refractivity contribution in [3.05, 3.63) is 56.7 Å². The van der Waals surface area contributed by atoms with Crippen LogP contribution in [-0.4, -0.2) is 18.3 Å². The van der Waals surface area contributed by atoms with Gasteiger partial charge in [-0.1, -0.05) is 12.1 Å². The average Bonchev–Trinajstić information content (AvgIpc) is 2.50. The van der Waals surface area contributed by atoms with Crippen molar-refractivity contribution in [2.45, 2.75) is 6.54 Å². The smallest absolute Gasteiger partial charge is 0.412 e. The third-order valence-corrected chi connectivity index (χ3v) is 4.16. The molecular formula is C15H12Br2FNO3. The summed E-state index contributed by atoms with van der Waals surface area (Å²) in [7, 11) is 1.56. The third kappa shape index (κ3) is 3.78. The number of benzene rings is 2. The fraction of sp³-hybridized carbons (Fsp3) is 0.133. The Morgan fingerprint density at radius 2 is 1.77 bits per heavy atom. The molecule has 2 rings (SSSR count). The van der Waals surface area contributed by atoms with Crippen LogP contribution in [0, 0.1) is 5.82 Å². The van der Waals surface area contributed by atoms with E-state index < -0.39 is 11.9 Å². The molecule has 0 heterocycles. The second-order valence-electron chi connectivity index (χ2n) is 4.44. The van der Waals surface area contributed by atoms with Gasteiger partial charge in [-0.2, -0.15) is 0 Å². The minimum atomic E-state index is -1.12. The van der Waals surface area contributed by atoms with Crippen molar-refractivity contribution in [3.63, 3.8) is 0 Å². The minimum absolute atomic E-state index is 0.143. The van der Waals surface area contributed by atoms with Gasteiger partial charge in [-0.15, -0.1) is 0 Å². The Hall–Kier alpha value is -1.60. The fourth-order valence-corrected chi connectivity index (χ4v) is 3.04. The van der Waals surface area contributed by atoms with Crippen LogP contribution in [0.5, 0.6) is 5.75 Å². The van der Waals surface area contributed by atoms with Gasteiger partial charge in [0.2, 0.25) is 0 Å². The van der Waals surface area contributed by atoms with Crippen LogP contribution in [0.25, 0.3) is 0 Å². The summed E-state index contributed by atoms with van der Waals surface area (Å²) in [6.07, 6.45) is -1.12. The fourth-order valence-electron chi connectivity index (χ4n) is 1.88. The lowest BCUT2D eigenvalue weighted by atomic mass is 10.2. The Labute approximate surface area is 143 Å². The standard InChI is InChI=1S/C15H12Br2FNO3/c1-22-11-4-2-9(3-5-11)8-19(15(20)21)10-6-12(16)14(18)13(17)7-10/h2-7H,8H2,1H3,(H,20,21). The molecule has 1 N–H and O–H groups in total. The van der Waals surface area contributed by atoms with Gasteiger partial charge >= 0.3 is 6.09 Å². The van der Waals surface area contributed by atoms with Crippen molar-refractivity contribution < 1.29 is 19.0 Å². The molecule has 22 heavy (non-hydrogen) atoms. The highest BCUT2D eigenvalue weighted by molar-refractivity contribution is 9.11. The Morgan fingerprint density at radius 3 is 2.23 bits per heavy atom. The zero-order valence-electron chi connectivity index (χ0n) is 11.5. The summed E-state index contributed by atoms with van der Waals surface area (Å²) in [5.74, 6) is 0.219. The number of amides is 1. The molecule has 0 aliphatic heterocycles. The second-order valence-corrected chi connectivity index (χ2v) is 6.15. The Kier molecular flexibility index (Phi) is 5.42. The summed E-state index contributed by atoms with van der Waals surface area (Å²) in [5, 5.41) is 9.42. The van der Waals surface area contributed by atoms with Gasteiger partial charge in [-0.05, 0) is 61.7 Å². The van der Waals surface area contributed by atoms with E-state index >= 15 is 0 Å². The number of hydrogen-bond donors (Lipinski definition) is 1. The van der Waals surface area contributed by atoms with E-state index in [9.17, 15) is 14.3 Å². The Balaban J connectivity index is 2.32. The van der Waals surface area contributed by atoms with E-state index in [0.29, 0.717) is 11.4 Å². The molecule has 0 bridgehead atoms. The third-order valence-electron chi connectivity index (χ3n) is 3.01. The number of carbonyl (C=O) groups is 1. The zero-order chi connectivity index (χ0) is 16.3. The van der Waals surface area contributed by atoms with Crippen molar-refractivity contribution in [3.8, 4) is 5.75 Å².